The molecule has 0 aliphatic rings. The van der Waals surface area contributed by atoms with Crippen molar-refractivity contribution in [1.82, 2.24) is 15.0 Å². The Kier molecular flexibility index (Phi) is 4.56. The van der Waals surface area contributed by atoms with Crippen molar-refractivity contribution in [3.8, 4) is 0 Å². The monoisotopic (exact) mass is 309 g/mol. The number of carbonyl (C=O) groups excluding carboxylic acids is 1. The minimum Gasteiger partial charge on any atom is -0.478 e. The number of aromatic carboxylic acids is 1. The Bertz CT molecular complexity index is 677. The summed E-state index contributed by atoms with van der Waals surface area (Å²) in [6.07, 6.45) is 0.691. The smallest absolute Gasteiger partial charge is 0.338 e. The first-order valence-electron chi connectivity index (χ1n) is 6.35. The predicted octanol–water partition coefficient (Wildman–Crippen LogP) is 1.34. The van der Waals surface area contributed by atoms with Crippen LogP contribution >= 0.6 is 0 Å². The molecule has 0 saturated carbocycles. The molecule has 0 fully saturated rings. The zero-order chi connectivity index (χ0) is 16.3. The third kappa shape index (κ3) is 3.31. The molecule has 22 heavy (non-hydrogen) atoms. The molecule has 0 aliphatic carbocycles. The highest BCUT2D eigenvalue weighted by atomic mass is 16.5. The average Bonchev–Trinajstić information content (AvgIpc) is 3.14. The maximum Gasteiger partial charge on any atom is 0.338 e. The standard InChI is InChI=1S/C13H15N3O6/c1-7(20-3)11-14-10(22-15-11)5-16(2)12(17)9-4-8(6-21-9)13(18)19/h4,6-7H,5H2,1-3H3,(H,18,19). The van der Waals surface area contributed by atoms with E-state index in [4.69, 9.17) is 18.8 Å². The summed E-state index contributed by atoms with van der Waals surface area (Å²) >= 11 is 0. The van der Waals surface area contributed by atoms with Gasteiger partial charge in [0, 0.05) is 20.2 Å². The lowest BCUT2D eigenvalue weighted by Gasteiger charge is -2.12. The number of rotatable bonds is 6. The van der Waals surface area contributed by atoms with Crippen molar-refractivity contribution in [2.75, 3.05) is 14.2 Å². The number of hydrogen-bond donors (Lipinski definition) is 1. The lowest BCUT2D eigenvalue weighted by Crippen LogP contribution is -2.26. The van der Waals surface area contributed by atoms with Gasteiger partial charge in [-0.2, -0.15) is 4.98 Å². The Morgan fingerprint density at radius 2 is 2.23 bits per heavy atom. The number of aromatic nitrogens is 2. The molecular formula is C13H15N3O6. The number of carboxylic acids is 1. The summed E-state index contributed by atoms with van der Waals surface area (Å²) in [4.78, 5) is 28.3. The van der Waals surface area contributed by atoms with Crippen molar-refractivity contribution in [2.24, 2.45) is 0 Å². The number of nitrogens with zero attached hydrogens (tertiary/aromatic N) is 3. The van der Waals surface area contributed by atoms with Crippen LogP contribution in [0.4, 0.5) is 0 Å². The van der Waals surface area contributed by atoms with Crippen LogP contribution in [0.25, 0.3) is 0 Å². The predicted molar refractivity (Wildman–Crippen MR) is 71.2 cm³/mol. The SMILES string of the molecule is COC(C)c1noc(CN(C)C(=O)c2cc(C(=O)O)co2)n1. The van der Waals surface area contributed by atoms with E-state index >= 15 is 0 Å². The van der Waals surface area contributed by atoms with Gasteiger partial charge in [-0.25, -0.2) is 4.79 Å². The van der Waals surface area contributed by atoms with Crippen LogP contribution in [-0.2, 0) is 11.3 Å². The van der Waals surface area contributed by atoms with Gasteiger partial charge in [-0.15, -0.1) is 0 Å². The molecule has 9 nitrogen and oxygen atoms in total. The lowest BCUT2D eigenvalue weighted by atomic mass is 10.3. The fourth-order valence-electron chi connectivity index (χ4n) is 1.63. The number of amides is 1. The molecule has 0 spiro atoms. The molecular weight excluding hydrogens is 294 g/mol. The second-order valence-electron chi connectivity index (χ2n) is 4.59. The fraction of sp³-hybridized carbons (Fsp3) is 0.385. The Hall–Kier alpha value is -2.68. The van der Waals surface area contributed by atoms with Gasteiger partial charge < -0.3 is 23.7 Å². The van der Waals surface area contributed by atoms with Gasteiger partial charge in [-0.3, -0.25) is 4.79 Å². The third-order valence-corrected chi connectivity index (χ3v) is 2.98. The maximum absolute atomic E-state index is 12.1. The molecule has 2 rings (SSSR count). The number of hydrogen-bond acceptors (Lipinski definition) is 7. The van der Waals surface area contributed by atoms with Crippen molar-refractivity contribution >= 4 is 11.9 Å². The highest BCUT2D eigenvalue weighted by molar-refractivity contribution is 5.95. The van der Waals surface area contributed by atoms with Gasteiger partial charge in [0.15, 0.2) is 11.6 Å². The minimum absolute atomic E-state index is 0.0609. The van der Waals surface area contributed by atoms with Crippen LogP contribution in [0.1, 0.15) is 45.7 Å². The Morgan fingerprint density at radius 3 is 2.82 bits per heavy atom. The van der Waals surface area contributed by atoms with Gasteiger partial charge in [-0.1, -0.05) is 5.16 Å². The Morgan fingerprint density at radius 1 is 1.50 bits per heavy atom. The molecule has 2 aromatic rings. The summed E-state index contributed by atoms with van der Waals surface area (Å²) in [5.41, 5.74) is -0.0919. The molecule has 1 atom stereocenters. The molecule has 0 saturated heterocycles. The van der Waals surface area contributed by atoms with Gasteiger partial charge in [0.2, 0.25) is 5.89 Å². The van der Waals surface area contributed by atoms with Crippen LogP contribution in [-0.4, -0.2) is 46.2 Å². The maximum atomic E-state index is 12.1. The van der Waals surface area contributed by atoms with E-state index in [0.717, 1.165) is 12.3 Å². The first-order valence-corrected chi connectivity index (χ1v) is 6.35. The Labute approximate surface area is 125 Å². The summed E-state index contributed by atoms with van der Waals surface area (Å²) in [5.74, 6) is -1.12. The van der Waals surface area contributed by atoms with Gasteiger partial charge in [0.05, 0.1) is 5.56 Å². The number of methoxy groups -OCH3 is 1. The van der Waals surface area contributed by atoms with Crippen LogP contribution in [0.15, 0.2) is 21.3 Å². The molecule has 9 heteroatoms. The van der Waals surface area contributed by atoms with Crippen LogP contribution in [0.5, 0.6) is 0 Å². The zero-order valence-electron chi connectivity index (χ0n) is 12.3. The largest absolute Gasteiger partial charge is 0.478 e. The topological polar surface area (TPSA) is 119 Å². The van der Waals surface area contributed by atoms with Crippen molar-refractivity contribution < 1.29 is 28.4 Å². The quantitative estimate of drug-likeness (QED) is 0.849. The minimum atomic E-state index is -1.17. The number of carboxylic acid groups (broad SMARTS) is 1. The van der Waals surface area contributed by atoms with E-state index in [-0.39, 0.29) is 29.9 Å². The van der Waals surface area contributed by atoms with Gasteiger partial charge in [0.1, 0.15) is 18.9 Å². The second kappa shape index (κ2) is 6.39. The molecule has 1 N–H and O–H groups in total. The van der Waals surface area contributed by atoms with Crippen molar-refractivity contribution in [1.29, 1.82) is 0 Å². The Balaban J connectivity index is 2.04. The number of furan rings is 1. The molecule has 0 radical (unpaired) electrons. The average molecular weight is 309 g/mol. The van der Waals surface area contributed by atoms with E-state index in [1.165, 1.54) is 19.1 Å². The summed E-state index contributed by atoms with van der Waals surface area (Å²) in [6, 6.07) is 1.16. The van der Waals surface area contributed by atoms with E-state index in [0.29, 0.717) is 5.82 Å². The molecule has 2 heterocycles. The normalized spacial score (nSPS) is 12.1. The van der Waals surface area contributed by atoms with E-state index in [9.17, 15) is 9.59 Å². The molecule has 2 aromatic heterocycles. The fourth-order valence-corrected chi connectivity index (χ4v) is 1.63. The molecule has 118 valence electrons. The number of ether oxygens (including phenoxy) is 1. The van der Waals surface area contributed by atoms with E-state index in [1.54, 1.807) is 6.92 Å². The summed E-state index contributed by atoms with van der Waals surface area (Å²) in [6.45, 7) is 1.82. The number of carbonyl (C=O) groups is 2. The van der Waals surface area contributed by atoms with Crippen LogP contribution in [0, 0.1) is 0 Å². The third-order valence-electron chi connectivity index (χ3n) is 2.98. The zero-order valence-corrected chi connectivity index (χ0v) is 12.3. The van der Waals surface area contributed by atoms with Crippen molar-refractivity contribution in [3.05, 3.63) is 35.4 Å². The summed E-state index contributed by atoms with van der Waals surface area (Å²) < 4.78 is 15.0. The van der Waals surface area contributed by atoms with E-state index in [2.05, 4.69) is 10.1 Å². The van der Waals surface area contributed by atoms with Crippen LogP contribution < -0.4 is 0 Å². The van der Waals surface area contributed by atoms with E-state index < -0.39 is 11.9 Å². The first-order chi connectivity index (χ1) is 10.4. The molecule has 1 unspecified atom stereocenters. The van der Waals surface area contributed by atoms with Crippen molar-refractivity contribution in [2.45, 2.75) is 19.6 Å². The van der Waals surface area contributed by atoms with Gasteiger partial charge in [0.25, 0.3) is 5.91 Å². The van der Waals surface area contributed by atoms with Crippen LogP contribution in [0.2, 0.25) is 0 Å². The molecule has 0 aliphatic heterocycles. The van der Waals surface area contributed by atoms with Crippen molar-refractivity contribution in [3.63, 3.8) is 0 Å². The molecule has 1 amide bonds. The first kappa shape index (κ1) is 15.7. The summed E-state index contributed by atoms with van der Waals surface area (Å²) in [7, 11) is 3.03. The second-order valence-corrected chi connectivity index (χ2v) is 4.59. The lowest BCUT2D eigenvalue weighted by molar-refractivity contribution is 0.0694. The molecule has 0 aromatic carbocycles. The highest BCUT2D eigenvalue weighted by Crippen LogP contribution is 2.14. The highest BCUT2D eigenvalue weighted by Gasteiger charge is 2.21. The van der Waals surface area contributed by atoms with Crippen LogP contribution in [0.3, 0.4) is 0 Å². The summed E-state index contributed by atoms with van der Waals surface area (Å²) in [5, 5.41) is 12.6. The van der Waals surface area contributed by atoms with Gasteiger partial charge in [-0.05, 0) is 6.92 Å². The van der Waals surface area contributed by atoms with E-state index in [1.807, 2.05) is 0 Å². The van der Waals surface area contributed by atoms with Gasteiger partial charge >= 0.3 is 5.97 Å². The molecule has 0 bridgehead atoms.